The fourth-order valence-corrected chi connectivity index (χ4v) is 1.64. The van der Waals surface area contributed by atoms with Crippen LogP contribution < -0.4 is 5.32 Å². The molecule has 0 spiro atoms. The van der Waals surface area contributed by atoms with E-state index in [1.165, 1.54) is 0 Å². The van der Waals surface area contributed by atoms with Gasteiger partial charge in [-0.15, -0.1) is 0 Å². The summed E-state index contributed by atoms with van der Waals surface area (Å²) in [5.74, 6) is -0.102. The number of morpholine rings is 1. The number of carbonyl (C=O) groups excluding carboxylic acids is 2. The monoisotopic (exact) mass is 242 g/mol. The molecule has 17 heavy (non-hydrogen) atoms. The molecule has 0 bridgehead atoms. The van der Waals surface area contributed by atoms with Gasteiger partial charge in [-0.05, 0) is 5.41 Å². The molecule has 5 nitrogen and oxygen atoms in total. The van der Waals surface area contributed by atoms with Gasteiger partial charge in [-0.3, -0.25) is 9.59 Å². The van der Waals surface area contributed by atoms with Crippen LogP contribution in [0.3, 0.4) is 0 Å². The molecule has 2 amide bonds. The highest BCUT2D eigenvalue weighted by molar-refractivity contribution is 5.85. The smallest absolute Gasteiger partial charge is 0.242 e. The summed E-state index contributed by atoms with van der Waals surface area (Å²) in [6.07, 6.45) is 0.434. The van der Waals surface area contributed by atoms with Crippen LogP contribution >= 0.6 is 0 Å². The van der Waals surface area contributed by atoms with Crippen LogP contribution in [0.5, 0.6) is 0 Å². The van der Waals surface area contributed by atoms with Crippen molar-refractivity contribution in [3.63, 3.8) is 0 Å². The van der Waals surface area contributed by atoms with Gasteiger partial charge in [0.2, 0.25) is 11.8 Å². The molecule has 1 rings (SSSR count). The summed E-state index contributed by atoms with van der Waals surface area (Å²) in [6.45, 7) is 8.49. The van der Waals surface area contributed by atoms with Crippen LogP contribution in [0.4, 0.5) is 0 Å². The van der Waals surface area contributed by atoms with E-state index in [0.717, 1.165) is 0 Å². The normalized spacial score (nSPS) is 16.8. The maximum atomic E-state index is 11.7. The molecule has 98 valence electrons. The van der Waals surface area contributed by atoms with Gasteiger partial charge in [0.15, 0.2) is 0 Å². The summed E-state index contributed by atoms with van der Waals surface area (Å²) >= 11 is 0. The largest absolute Gasteiger partial charge is 0.378 e. The number of nitrogens with one attached hydrogen (secondary N) is 1. The Morgan fingerprint density at radius 2 is 1.82 bits per heavy atom. The maximum Gasteiger partial charge on any atom is 0.242 e. The van der Waals surface area contributed by atoms with E-state index in [0.29, 0.717) is 32.7 Å². The molecule has 0 aromatic rings. The Bertz CT molecular complexity index is 278. The van der Waals surface area contributed by atoms with Gasteiger partial charge in [0.25, 0.3) is 0 Å². The second kappa shape index (κ2) is 6.00. The lowest BCUT2D eigenvalue weighted by Gasteiger charge is -2.27. The van der Waals surface area contributed by atoms with Crippen LogP contribution in [0.25, 0.3) is 0 Å². The minimum Gasteiger partial charge on any atom is -0.378 e. The van der Waals surface area contributed by atoms with Gasteiger partial charge in [-0.25, -0.2) is 0 Å². The van der Waals surface area contributed by atoms with E-state index >= 15 is 0 Å². The summed E-state index contributed by atoms with van der Waals surface area (Å²) < 4.78 is 5.16. The van der Waals surface area contributed by atoms with E-state index in [4.69, 9.17) is 4.74 Å². The molecule has 1 aliphatic heterocycles. The van der Waals surface area contributed by atoms with Crippen LogP contribution in [0.1, 0.15) is 27.2 Å². The highest BCUT2D eigenvalue weighted by atomic mass is 16.5. The van der Waals surface area contributed by atoms with E-state index in [9.17, 15) is 9.59 Å². The lowest BCUT2D eigenvalue weighted by molar-refractivity contribution is -0.136. The Morgan fingerprint density at radius 3 is 2.35 bits per heavy atom. The topological polar surface area (TPSA) is 58.6 Å². The quantitative estimate of drug-likeness (QED) is 0.779. The van der Waals surface area contributed by atoms with Crippen LogP contribution in [0.2, 0.25) is 0 Å². The summed E-state index contributed by atoms with van der Waals surface area (Å²) in [6, 6.07) is 0. The number of hydrogen-bond donors (Lipinski definition) is 1. The minimum atomic E-state index is -0.0703. The molecular formula is C12H22N2O3. The first-order chi connectivity index (χ1) is 7.88. The molecule has 5 heteroatoms. The molecular weight excluding hydrogens is 220 g/mol. The first-order valence-corrected chi connectivity index (χ1v) is 6.01. The number of hydrogen-bond acceptors (Lipinski definition) is 3. The molecule has 1 aliphatic rings. The fourth-order valence-electron chi connectivity index (χ4n) is 1.64. The zero-order valence-corrected chi connectivity index (χ0v) is 10.9. The molecule has 0 aromatic heterocycles. The third-order valence-corrected chi connectivity index (χ3v) is 2.49. The number of ether oxygens (including phenoxy) is 1. The molecule has 0 atom stereocenters. The van der Waals surface area contributed by atoms with Crippen LogP contribution in [0, 0.1) is 5.41 Å². The molecule has 0 aromatic carbocycles. The van der Waals surface area contributed by atoms with Crippen molar-refractivity contribution < 1.29 is 14.3 Å². The van der Waals surface area contributed by atoms with Gasteiger partial charge in [0.1, 0.15) is 0 Å². The highest BCUT2D eigenvalue weighted by Gasteiger charge is 2.19. The van der Waals surface area contributed by atoms with Crippen LogP contribution in [-0.4, -0.2) is 49.6 Å². The average Bonchev–Trinajstić information content (AvgIpc) is 2.25. The molecule has 0 radical (unpaired) electrons. The van der Waals surface area contributed by atoms with Crippen molar-refractivity contribution in [3.05, 3.63) is 0 Å². The molecule has 0 aliphatic carbocycles. The third kappa shape index (κ3) is 5.68. The molecule has 1 N–H and O–H groups in total. The molecule has 1 heterocycles. The zero-order chi connectivity index (χ0) is 12.9. The minimum absolute atomic E-state index is 0.0319. The predicted octanol–water partition coefficient (Wildman–Crippen LogP) is 0.398. The van der Waals surface area contributed by atoms with Crippen molar-refractivity contribution in [2.75, 3.05) is 32.8 Å². The Kier molecular flexibility index (Phi) is 4.93. The second-order valence-electron chi connectivity index (χ2n) is 5.51. The highest BCUT2D eigenvalue weighted by Crippen LogP contribution is 2.17. The van der Waals surface area contributed by atoms with Crippen molar-refractivity contribution in [1.82, 2.24) is 10.2 Å². The van der Waals surface area contributed by atoms with Crippen LogP contribution in [0.15, 0.2) is 0 Å². The first-order valence-electron chi connectivity index (χ1n) is 6.01. The summed E-state index contributed by atoms with van der Waals surface area (Å²) in [5.41, 5.74) is -0.0495. The number of carbonyl (C=O) groups is 2. The lowest BCUT2D eigenvalue weighted by Crippen LogP contribution is -2.45. The predicted molar refractivity (Wildman–Crippen MR) is 64.5 cm³/mol. The summed E-state index contributed by atoms with van der Waals surface area (Å²) in [7, 11) is 0. The van der Waals surface area contributed by atoms with Gasteiger partial charge in [-0.1, -0.05) is 20.8 Å². The fraction of sp³-hybridized carbons (Fsp3) is 0.833. The zero-order valence-electron chi connectivity index (χ0n) is 10.9. The van der Waals surface area contributed by atoms with E-state index in [1.54, 1.807) is 4.90 Å². The lowest BCUT2D eigenvalue weighted by atomic mass is 9.92. The maximum absolute atomic E-state index is 11.7. The third-order valence-electron chi connectivity index (χ3n) is 2.49. The molecule has 0 unspecified atom stereocenters. The molecule has 1 fully saturated rings. The van der Waals surface area contributed by atoms with E-state index < -0.39 is 0 Å². The Balaban J connectivity index is 2.25. The summed E-state index contributed by atoms with van der Waals surface area (Å²) in [5, 5.41) is 2.67. The Hall–Kier alpha value is -1.10. The van der Waals surface area contributed by atoms with Gasteiger partial charge < -0.3 is 15.0 Å². The van der Waals surface area contributed by atoms with Gasteiger partial charge >= 0.3 is 0 Å². The second-order valence-corrected chi connectivity index (χ2v) is 5.51. The molecule has 0 saturated carbocycles. The number of rotatable bonds is 3. The van der Waals surface area contributed by atoms with Crippen molar-refractivity contribution in [2.45, 2.75) is 27.2 Å². The van der Waals surface area contributed by atoms with Crippen LogP contribution in [-0.2, 0) is 14.3 Å². The van der Waals surface area contributed by atoms with E-state index in [1.807, 2.05) is 20.8 Å². The van der Waals surface area contributed by atoms with Crippen molar-refractivity contribution in [2.24, 2.45) is 5.41 Å². The standard InChI is InChI=1S/C12H22N2O3/c1-12(2,3)8-10(15)13-9-11(16)14-4-6-17-7-5-14/h4-9H2,1-3H3,(H,13,15). The number of amides is 2. The average molecular weight is 242 g/mol. The van der Waals surface area contributed by atoms with E-state index in [-0.39, 0.29) is 23.8 Å². The van der Waals surface area contributed by atoms with Crippen molar-refractivity contribution in [1.29, 1.82) is 0 Å². The Labute approximate surface area is 102 Å². The van der Waals surface area contributed by atoms with Gasteiger partial charge in [-0.2, -0.15) is 0 Å². The van der Waals surface area contributed by atoms with Crippen molar-refractivity contribution in [3.8, 4) is 0 Å². The van der Waals surface area contributed by atoms with E-state index in [2.05, 4.69) is 5.32 Å². The van der Waals surface area contributed by atoms with Gasteiger partial charge in [0.05, 0.1) is 19.8 Å². The SMILES string of the molecule is CC(C)(C)CC(=O)NCC(=O)N1CCOCC1. The van der Waals surface area contributed by atoms with Gasteiger partial charge in [0, 0.05) is 19.5 Å². The molecule has 1 saturated heterocycles. The first kappa shape index (κ1) is 14.0. The Morgan fingerprint density at radius 1 is 1.24 bits per heavy atom. The van der Waals surface area contributed by atoms with Crippen molar-refractivity contribution >= 4 is 11.8 Å². The summed E-state index contributed by atoms with van der Waals surface area (Å²) in [4.78, 5) is 25.0. The number of nitrogens with zero attached hydrogens (tertiary/aromatic N) is 1.